The minimum absolute atomic E-state index is 0. The minimum atomic E-state index is -4.50. The van der Waals surface area contributed by atoms with E-state index in [1.807, 2.05) is 0 Å². The van der Waals surface area contributed by atoms with Crippen LogP contribution in [0.3, 0.4) is 0 Å². The van der Waals surface area contributed by atoms with Gasteiger partial charge in [-0.15, -0.1) is 15.3 Å². The van der Waals surface area contributed by atoms with Crippen LogP contribution in [0.1, 0.15) is 40.9 Å². The summed E-state index contributed by atoms with van der Waals surface area (Å²) in [7, 11) is -5.97. The van der Waals surface area contributed by atoms with E-state index in [9.17, 15) is 46.1 Å². The number of ether oxygens (including phenoxy) is 2. The van der Waals surface area contributed by atoms with Gasteiger partial charge in [0.2, 0.25) is 0 Å². The molecule has 8 aromatic rings. The SMILES string of the molecule is CCc1c(S(=O)(=O)O)ccc(N=Nc2c(O)c(C(=O)Nc3cccc(OC)c3)cc3ccccc23)c1Cl.CCc1c(S(=O)(=O)O)ccc(N=Nc2c([O-])c(C([O-])=Nc3cccc(OC)c3)cc3ccccc23)c1Cl.[Ca+2]. The molecular weight excluding hydrogens is 1080 g/mol. The third-order valence-electron chi connectivity index (χ3n) is 11.2. The van der Waals surface area contributed by atoms with Gasteiger partial charge in [-0.1, -0.05) is 103 Å². The number of halogens is 2. The van der Waals surface area contributed by atoms with Crippen molar-refractivity contribution in [2.45, 2.75) is 36.5 Å². The van der Waals surface area contributed by atoms with Crippen molar-refractivity contribution in [1.82, 2.24) is 0 Å². The number of nitrogens with zero attached hydrogens (tertiary/aromatic N) is 5. The van der Waals surface area contributed by atoms with E-state index in [0.717, 1.165) is 6.07 Å². The van der Waals surface area contributed by atoms with Gasteiger partial charge >= 0.3 is 37.7 Å². The molecule has 8 aromatic carbocycles. The molecule has 0 aliphatic rings. The quantitative estimate of drug-likeness (QED) is 0.0260. The van der Waals surface area contributed by atoms with Crippen LogP contribution in [0.4, 0.5) is 34.1 Å². The average molecular weight is 1120 g/mol. The normalized spacial score (nSPS) is 11.9. The third kappa shape index (κ3) is 13.2. The Morgan fingerprint density at radius 3 is 1.63 bits per heavy atom. The molecule has 0 saturated heterocycles. The number of rotatable bonds is 14. The summed E-state index contributed by atoms with van der Waals surface area (Å²) < 4.78 is 76.0. The molecule has 1 amide bonds. The van der Waals surface area contributed by atoms with Crippen LogP contribution in [-0.4, -0.2) is 94.8 Å². The molecule has 0 heterocycles. The van der Waals surface area contributed by atoms with Crippen LogP contribution in [0, 0.1) is 0 Å². The van der Waals surface area contributed by atoms with Crippen molar-refractivity contribution >= 4 is 149 Å². The predicted octanol–water partition coefficient (Wildman–Crippen LogP) is 11.5. The van der Waals surface area contributed by atoms with Crippen molar-refractivity contribution in [3.8, 4) is 23.0 Å². The number of amides is 1. The van der Waals surface area contributed by atoms with Crippen LogP contribution in [0.5, 0.6) is 23.0 Å². The van der Waals surface area contributed by atoms with Crippen LogP contribution in [0.15, 0.2) is 169 Å². The first-order valence-corrected chi connectivity index (χ1v) is 25.7. The molecule has 8 rings (SSSR count). The summed E-state index contributed by atoms with van der Waals surface area (Å²) in [4.78, 5) is 16.5. The number of fused-ring (bicyclic) bond motifs is 2. The van der Waals surface area contributed by atoms with E-state index in [1.54, 1.807) is 117 Å². The Hall–Kier alpha value is -6.72. The van der Waals surface area contributed by atoms with Crippen molar-refractivity contribution in [1.29, 1.82) is 0 Å². The topological polar surface area (TPSA) is 284 Å². The number of methoxy groups -OCH3 is 2. The summed E-state index contributed by atoms with van der Waals surface area (Å²) in [6.07, 6.45) is 0.411. The fraction of sp³-hybridized carbons (Fsp3) is 0.115. The molecule has 0 unspecified atom stereocenters. The summed E-state index contributed by atoms with van der Waals surface area (Å²) in [5, 5.41) is 58.8. The number of anilines is 1. The molecule has 0 saturated carbocycles. The first-order chi connectivity index (χ1) is 35.3. The second-order valence-electron chi connectivity index (χ2n) is 15.8. The van der Waals surface area contributed by atoms with Gasteiger partial charge in [-0.25, -0.2) is 0 Å². The molecule has 0 aliphatic carbocycles. The third-order valence-corrected chi connectivity index (χ3v) is 13.9. The smallest absolute Gasteiger partial charge is 0.871 e. The molecule has 18 nitrogen and oxygen atoms in total. The van der Waals surface area contributed by atoms with Gasteiger partial charge in [0.1, 0.15) is 28.6 Å². The largest absolute Gasteiger partial charge is 2.00 e. The van der Waals surface area contributed by atoms with Gasteiger partial charge in [0.25, 0.3) is 26.1 Å². The zero-order valence-electron chi connectivity index (χ0n) is 40.1. The molecule has 380 valence electrons. The number of azo groups is 2. The van der Waals surface area contributed by atoms with Gasteiger partial charge < -0.3 is 30.1 Å². The second-order valence-corrected chi connectivity index (χ2v) is 19.3. The molecule has 0 spiro atoms. The number of hydrogen-bond acceptors (Lipinski definition) is 15. The number of aliphatic imine (C=N–C) groups is 1. The number of phenolic OH excluding ortho intramolecular Hbond substituents is 1. The van der Waals surface area contributed by atoms with Crippen molar-refractivity contribution in [3.63, 3.8) is 0 Å². The molecule has 0 bridgehead atoms. The maximum atomic E-state index is 13.3. The zero-order valence-corrected chi connectivity index (χ0v) is 45.5. The van der Waals surface area contributed by atoms with E-state index in [0.29, 0.717) is 44.4 Å². The number of benzene rings is 8. The first-order valence-electron chi connectivity index (χ1n) is 22.0. The average Bonchev–Trinajstić information content (AvgIpc) is 3.37. The Labute approximate surface area is 470 Å². The second kappa shape index (κ2) is 24.7. The molecule has 0 atom stereocenters. The number of nitrogens with one attached hydrogen (secondary N) is 1. The Morgan fingerprint density at radius 1 is 0.627 bits per heavy atom. The Bertz CT molecular complexity index is 3830. The fourth-order valence-electron chi connectivity index (χ4n) is 7.60. The van der Waals surface area contributed by atoms with E-state index in [4.69, 9.17) is 32.7 Å². The Kier molecular flexibility index (Phi) is 19.0. The minimum Gasteiger partial charge on any atom is -0.871 e. The van der Waals surface area contributed by atoms with E-state index in [1.165, 1.54) is 38.5 Å². The van der Waals surface area contributed by atoms with Crippen LogP contribution in [0.25, 0.3) is 21.5 Å². The maximum absolute atomic E-state index is 13.3. The summed E-state index contributed by atoms with van der Waals surface area (Å²) >= 11 is 12.7. The summed E-state index contributed by atoms with van der Waals surface area (Å²) in [5.41, 5.74) is 1.05. The molecule has 75 heavy (non-hydrogen) atoms. The van der Waals surface area contributed by atoms with Gasteiger partial charge in [0.15, 0.2) is 5.75 Å². The molecule has 4 N–H and O–H groups in total. The van der Waals surface area contributed by atoms with E-state index in [-0.39, 0.29) is 115 Å². The van der Waals surface area contributed by atoms with Crippen molar-refractivity contribution in [2.75, 3.05) is 19.5 Å². The summed E-state index contributed by atoms with van der Waals surface area (Å²) in [6.45, 7) is 3.35. The Morgan fingerprint density at radius 2 is 1.11 bits per heavy atom. The van der Waals surface area contributed by atoms with Crippen molar-refractivity contribution in [3.05, 3.63) is 166 Å². The van der Waals surface area contributed by atoms with Crippen LogP contribution in [-0.2, 0) is 33.1 Å². The predicted molar refractivity (Wildman–Crippen MR) is 285 cm³/mol. The van der Waals surface area contributed by atoms with Gasteiger partial charge in [0.05, 0.1) is 51.0 Å². The number of carbonyl (C=O) groups excluding carboxylic acids is 1. The van der Waals surface area contributed by atoms with Crippen LogP contribution < -0.4 is 25.0 Å². The first kappa shape index (κ1) is 57.6. The molecule has 0 fully saturated rings. The maximum Gasteiger partial charge on any atom is 2.00 e. The summed E-state index contributed by atoms with van der Waals surface area (Å²) in [5.74, 6) is -1.35. The summed E-state index contributed by atoms with van der Waals surface area (Å²) in [6, 6.07) is 35.1. The molecular formula is C52H42CaCl2N6O12S2. The molecule has 0 aliphatic heterocycles. The van der Waals surface area contributed by atoms with Gasteiger partial charge in [-0.3, -0.25) is 18.9 Å². The van der Waals surface area contributed by atoms with Crippen molar-refractivity contribution < 1.29 is 55.5 Å². The van der Waals surface area contributed by atoms with Gasteiger partial charge in [-0.2, -0.15) is 21.9 Å². The van der Waals surface area contributed by atoms with Gasteiger partial charge in [-0.05, 0) is 107 Å². The van der Waals surface area contributed by atoms with Crippen molar-refractivity contribution in [2.24, 2.45) is 25.4 Å². The standard InChI is InChI=1S/2C26H22ClN3O6S.Ca/c2*1-3-18-22(37(33,34)35)12-11-21(23(18)27)29-30-24-19-10-5-4-7-15(19)13-20(25(24)31)26(32)28-16-8-6-9-17(14-16)36-2;/h2*4-14,31H,3H2,1-2H3,(H,28,32)(H,33,34,35);/q;;+2/p-2. The fourth-order valence-corrected chi connectivity index (χ4v) is 9.98. The number of hydrogen-bond donors (Lipinski definition) is 4. The number of phenols is 1. The van der Waals surface area contributed by atoms with Gasteiger partial charge in [0, 0.05) is 28.6 Å². The number of aromatic hydroxyl groups is 1. The Balaban J connectivity index is 0.000000241. The van der Waals surface area contributed by atoms with Crippen LogP contribution in [0.2, 0.25) is 10.0 Å². The molecule has 23 heteroatoms. The van der Waals surface area contributed by atoms with E-state index >= 15 is 0 Å². The van der Waals surface area contributed by atoms with E-state index in [2.05, 4.69) is 30.8 Å². The van der Waals surface area contributed by atoms with E-state index < -0.39 is 43.5 Å². The van der Waals surface area contributed by atoms with Crippen LogP contribution >= 0.6 is 23.2 Å². The monoisotopic (exact) mass is 1120 g/mol. The number of carbonyl (C=O) groups is 1. The molecule has 0 radical (unpaired) electrons. The molecule has 0 aromatic heterocycles. The zero-order chi connectivity index (χ0) is 53.5.